The molecule has 1 aliphatic carbocycles. The van der Waals surface area contributed by atoms with Crippen molar-refractivity contribution in [1.29, 1.82) is 0 Å². The first-order valence-corrected chi connectivity index (χ1v) is 4.28. The van der Waals surface area contributed by atoms with Crippen molar-refractivity contribution in [3.05, 3.63) is 34.4 Å². The van der Waals surface area contributed by atoms with Gasteiger partial charge in [0.25, 0.3) is 0 Å². The Kier molecular flexibility index (Phi) is 2.99. The van der Waals surface area contributed by atoms with Crippen LogP contribution in [0.1, 0.15) is 6.92 Å². The number of allylic oxidation sites excluding steroid dienone is 2. The van der Waals surface area contributed by atoms with Crippen LogP contribution in [-0.2, 0) is 4.79 Å². The first-order valence-electron chi connectivity index (χ1n) is 4.28. The molecule has 2 atom stereocenters. The van der Waals surface area contributed by atoms with Crippen LogP contribution in [0.5, 0.6) is 0 Å². The monoisotopic (exact) mass is 210 g/mol. The molecule has 6 nitrogen and oxygen atoms in total. The Morgan fingerprint density at radius 2 is 2.33 bits per heavy atom. The van der Waals surface area contributed by atoms with E-state index in [2.05, 4.69) is 4.99 Å². The number of hydrogen-bond acceptors (Lipinski definition) is 4. The van der Waals surface area contributed by atoms with Gasteiger partial charge in [-0.1, -0.05) is 18.2 Å². The summed E-state index contributed by atoms with van der Waals surface area (Å²) >= 11 is 0. The minimum atomic E-state index is -1.91. The Balaban J connectivity index is 3.25. The molecule has 0 saturated heterocycles. The van der Waals surface area contributed by atoms with Gasteiger partial charge in [-0.05, 0) is 6.92 Å². The average molecular weight is 210 g/mol. The SMILES string of the molecule is CC=N[C@@]1([N+](=O)[O-])C=CC=C[C@H]1C(=O)O. The number of nitrogens with zero attached hydrogens (tertiary/aromatic N) is 2. The minimum absolute atomic E-state index is 0.689. The smallest absolute Gasteiger partial charge is 0.348 e. The van der Waals surface area contributed by atoms with Gasteiger partial charge in [-0.2, -0.15) is 0 Å². The molecular formula is C9H10N2O4. The van der Waals surface area contributed by atoms with E-state index in [0.717, 1.165) is 0 Å². The van der Waals surface area contributed by atoms with Crippen LogP contribution in [0.25, 0.3) is 0 Å². The van der Waals surface area contributed by atoms with E-state index >= 15 is 0 Å². The van der Waals surface area contributed by atoms with Gasteiger partial charge in [0, 0.05) is 12.3 Å². The Morgan fingerprint density at radius 3 is 2.80 bits per heavy atom. The maximum absolute atomic E-state index is 10.9. The van der Waals surface area contributed by atoms with Crippen molar-refractivity contribution in [3.63, 3.8) is 0 Å². The second kappa shape index (κ2) is 4.04. The predicted molar refractivity (Wildman–Crippen MR) is 53.3 cm³/mol. The van der Waals surface area contributed by atoms with Gasteiger partial charge in [0.1, 0.15) is 0 Å². The van der Waals surface area contributed by atoms with Crippen LogP contribution < -0.4 is 0 Å². The molecule has 0 aromatic rings. The summed E-state index contributed by atoms with van der Waals surface area (Å²) in [5.41, 5.74) is -1.91. The van der Waals surface area contributed by atoms with Crippen molar-refractivity contribution in [2.45, 2.75) is 12.6 Å². The topological polar surface area (TPSA) is 92.8 Å². The quantitative estimate of drug-likeness (QED) is 0.425. The zero-order valence-corrected chi connectivity index (χ0v) is 8.03. The van der Waals surface area contributed by atoms with Gasteiger partial charge in [0.2, 0.25) is 0 Å². The number of aliphatic carboxylic acids is 1. The van der Waals surface area contributed by atoms with Crippen molar-refractivity contribution in [3.8, 4) is 0 Å². The molecule has 80 valence electrons. The van der Waals surface area contributed by atoms with Gasteiger partial charge in [-0.15, -0.1) is 0 Å². The highest BCUT2D eigenvalue weighted by molar-refractivity contribution is 5.75. The van der Waals surface area contributed by atoms with Crippen LogP contribution in [0.3, 0.4) is 0 Å². The fourth-order valence-electron chi connectivity index (χ4n) is 1.43. The van der Waals surface area contributed by atoms with Crippen molar-refractivity contribution in [1.82, 2.24) is 0 Å². The van der Waals surface area contributed by atoms with E-state index in [4.69, 9.17) is 5.11 Å². The first kappa shape index (κ1) is 11.1. The van der Waals surface area contributed by atoms with E-state index in [0.29, 0.717) is 0 Å². The van der Waals surface area contributed by atoms with Crippen molar-refractivity contribution < 1.29 is 14.8 Å². The lowest BCUT2D eigenvalue weighted by Crippen LogP contribution is -2.46. The molecule has 0 fully saturated rings. The first-order chi connectivity index (χ1) is 7.04. The summed E-state index contributed by atoms with van der Waals surface area (Å²) in [6.07, 6.45) is 6.58. The lowest BCUT2D eigenvalue weighted by Gasteiger charge is -2.23. The van der Waals surface area contributed by atoms with E-state index in [1.54, 1.807) is 0 Å². The molecule has 0 amide bonds. The van der Waals surface area contributed by atoms with Crippen LogP contribution >= 0.6 is 0 Å². The van der Waals surface area contributed by atoms with Gasteiger partial charge in [0.15, 0.2) is 5.92 Å². The van der Waals surface area contributed by atoms with E-state index in [1.165, 1.54) is 37.4 Å². The Bertz CT molecular complexity index is 372. The molecular weight excluding hydrogens is 200 g/mol. The summed E-state index contributed by atoms with van der Waals surface area (Å²) in [6, 6.07) is 0. The van der Waals surface area contributed by atoms with Gasteiger partial charge >= 0.3 is 11.6 Å². The van der Waals surface area contributed by atoms with Crippen LogP contribution in [-0.4, -0.2) is 27.9 Å². The molecule has 1 aliphatic rings. The minimum Gasteiger partial charge on any atom is -0.481 e. The third-order valence-electron chi connectivity index (χ3n) is 2.11. The second-order valence-electron chi connectivity index (χ2n) is 2.99. The zero-order valence-electron chi connectivity index (χ0n) is 8.03. The number of rotatable bonds is 3. The highest BCUT2D eigenvalue weighted by atomic mass is 16.6. The molecule has 0 aromatic carbocycles. The van der Waals surface area contributed by atoms with Crippen molar-refractivity contribution in [2.75, 3.05) is 0 Å². The molecule has 0 heterocycles. The third kappa shape index (κ3) is 1.78. The molecule has 0 saturated carbocycles. The number of carboxylic acid groups (broad SMARTS) is 1. The maximum Gasteiger partial charge on any atom is 0.348 e. The highest BCUT2D eigenvalue weighted by Gasteiger charge is 2.51. The van der Waals surface area contributed by atoms with Crippen LogP contribution in [0, 0.1) is 16.0 Å². The molecule has 0 unspecified atom stereocenters. The lowest BCUT2D eigenvalue weighted by molar-refractivity contribution is -0.558. The zero-order chi connectivity index (χ0) is 11.5. The standard InChI is InChI=1S/C9H10N2O4/c1-2-10-9(11(14)15)6-4-3-5-7(9)8(12)13/h2-7H,1H3,(H,12,13)/t7-,9+/m0/s1. The number of carbonyl (C=O) groups is 1. The molecule has 6 heteroatoms. The number of carboxylic acids is 1. The van der Waals surface area contributed by atoms with Crippen LogP contribution in [0.2, 0.25) is 0 Å². The summed E-state index contributed by atoms with van der Waals surface area (Å²) in [6.45, 7) is 1.51. The van der Waals surface area contributed by atoms with Crippen LogP contribution in [0.4, 0.5) is 0 Å². The average Bonchev–Trinajstić information content (AvgIpc) is 2.18. The molecule has 0 spiro atoms. The van der Waals surface area contributed by atoms with E-state index in [1.807, 2.05) is 0 Å². The van der Waals surface area contributed by atoms with Gasteiger partial charge in [-0.3, -0.25) is 14.9 Å². The van der Waals surface area contributed by atoms with E-state index in [-0.39, 0.29) is 0 Å². The molecule has 0 radical (unpaired) electrons. The Labute approximate surface area is 85.8 Å². The summed E-state index contributed by atoms with van der Waals surface area (Å²) in [5.74, 6) is -2.54. The number of hydrogen-bond donors (Lipinski definition) is 1. The molecule has 0 bridgehead atoms. The summed E-state index contributed by atoms with van der Waals surface area (Å²) in [7, 11) is 0. The summed E-state index contributed by atoms with van der Waals surface area (Å²) < 4.78 is 0. The maximum atomic E-state index is 10.9. The van der Waals surface area contributed by atoms with E-state index < -0.39 is 22.5 Å². The number of aliphatic imine (C=N–C) groups is 1. The Hall–Kier alpha value is -1.98. The van der Waals surface area contributed by atoms with Crippen molar-refractivity contribution >= 4 is 12.2 Å². The number of nitro groups is 1. The third-order valence-corrected chi connectivity index (χ3v) is 2.11. The van der Waals surface area contributed by atoms with Gasteiger partial charge in [-0.25, -0.2) is 4.99 Å². The Morgan fingerprint density at radius 1 is 1.67 bits per heavy atom. The van der Waals surface area contributed by atoms with E-state index in [9.17, 15) is 14.9 Å². The molecule has 0 aromatic heterocycles. The second-order valence-corrected chi connectivity index (χ2v) is 2.99. The van der Waals surface area contributed by atoms with Gasteiger partial charge in [0.05, 0.1) is 4.92 Å². The summed E-state index contributed by atoms with van der Waals surface area (Å²) in [5, 5.41) is 19.8. The summed E-state index contributed by atoms with van der Waals surface area (Å²) in [4.78, 5) is 24.8. The fraction of sp³-hybridized carbons (Fsp3) is 0.333. The van der Waals surface area contributed by atoms with Crippen molar-refractivity contribution in [2.24, 2.45) is 10.9 Å². The molecule has 1 rings (SSSR count). The largest absolute Gasteiger partial charge is 0.481 e. The van der Waals surface area contributed by atoms with Crippen LogP contribution in [0.15, 0.2) is 29.3 Å². The predicted octanol–water partition coefficient (Wildman–Crippen LogP) is 0.877. The fourth-order valence-corrected chi connectivity index (χ4v) is 1.43. The van der Waals surface area contributed by atoms with Gasteiger partial charge < -0.3 is 5.11 Å². The highest BCUT2D eigenvalue weighted by Crippen LogP contribution is 2.29. The molecule has 0 aliphatic heterocycles. The normalized spacial score (nSPS) is 29.5. The molecule has 1 N–H and O–H groups in total. The molecule has 15 heavy (non-hydrogen) atoms. The lowest BCUT2D eigenvalue weighted by atomic mass is 9.89.